The van der Waals surface area contributed by atoms with Crippen LogP contribution >= 0.6 is 0 Å². The van der Waals surface area contributed by atoms with Crippen LogP contribution in [0.4, 0.5) is 0 Å². The molecule has 124 valence electrons. The van der Waals surface area contributed by atoms with E-state index in [-0.39, 0.29) is 24.3 Å². The van der Waals surface area contributed by atoms with E-state index in [0.29, 0.717) is 13.0 Å². The van der Waals surface area contributed by atoms with E-state index >= 15 is 0 Å². The first kappa shape index (κ1) is 16.7. The second-order valence-corrected chi connectivity index (χ2v) is 6.24. The quantitative estimate of drug-likeness (QED) is 0.633. The van der Waals surface area contributed by atoms with Crippen molar-refractivity contribution in [1.82, 2.24) is 10.2 Å². The zero-order valence-corrected chi connectivity index (χ0v) is 12.9. The molecule has 0 aromatic rings. The number of hydrogen-bond donors (Lipinski definition) is 3. The fraction of sp³-hybridized carbons (Fsp3) is 0.800. The van der Waals surface area contributed by atoms with Crippen molar-refractivity contribution in [3.8, 4) is 0 Å². The molecule has 1 unspecified atom stereocenters. The predicted molar refractivity (Wildman–Crippen MR) is 81.5 cm³/mol. The summed E-state index contributed by atoms with van der Waals surface area (Å²) in [6.45, 7) is 0.379. The summed E-state index contributed by atoms with van der Waals surface area (Å²) in [4.78, 5) is 37.6. The number of nitrogens with two attached hydrogens (primary N) is 2. The van der Waals surface area contributed by atoms with Gasteiger partial charge in [0, 0.05) is 6.54 Å². The van der Waals surface area contributed by atoms with Gasteiger partial charge < -0.3 is 21.7 Å². The molecular weight excluding hydrogens is 284 g/mol. The fourth-order valence-electron chi connectivity index (χ4n) is 3.59. The first-order chi connectivity index (χ1) is 10.5. The van der Waals surface area contributed by atoms with Crippen LogP contribution in [-0.2, 0) is 14.4 Å². The number of nitrogens with zero attached hydrogens (tertiary/aromatic N) is 1. The van der Waals surface area contributed by atoms with Crippen LogP contribution in [0.3, 0.4) is 0 Å². The van der Waals surface area contributed by atoms with E-state index in [1.165, 1.54) is 0 Å². The summed E-state index contributed by atoms with van der Waals surface area (Å²) in [5.41, 5.74) is 10.8. The number of amides is 3. The van der Waals surface area contributed by atoms with E-state index in [4.69, 9.17) is 11.5 Å². The molecule has 0 bridgehead atoms. The number of primary amides is 1. The summed E-state index contributed by atoms with van der Waals surface area (Å²) >= 11 is 0. The van der Waals surface area contributed by atoms with E-state index in [9.17, 15) is 14.4 Å². The molecule has 3 amide bonds. The van der Waals surface area contributed by atoms with Gasteiger partial charge in [0.05, 0.1) is 6.54 Å². The van der Waals surface area contributed by atoms with Gasteiger partial charge in [0.2, 0.25) is 17.7 Å². The zero-order valence-electron chi connectivity index (χ0n) is 12.9. The molecule has 0 aromatic heterocycles. The van der Waals surface area contributed by atoms with Crippen molar-refractivity contribution < 1.29 is 14.4 Å². The van der Waals surface area contributed by atoms with Gasteiger partial charge in [-0.2, -0.15) is 0 Å². The van der Waals surface area contributed by atoms with Crippen molar-refractivity contribution in [2.75, 3.05) is 13.1 Å². The average Bonchev–Trinajstić information content (AvgIpc) is 3.02. The maximum absolute atomic E-state index is 12.9. The van der Waals surface area contributed by atoms with Crippen molar-refractivity contribution in [2.45, 2.75) is 57.0 Å². The van der Waals surface area contributed by atoms with Crippen molar-refractivity contribution in [3.63, 3.8) is 0 Å². The van der Waals surface area contributed by atoms with Crippen LogP contribution in [0.1, 0.15) is 44.9 Å². The summed E-state index contributed by atoms with van der Waals surface area (Å²) in [6, 6.07) is -1.13. The van der Waals surface area contributed by atoms with E-state index < -0.39 is 18.0 Å². The summed E-state index contributed by atoms with van der Waals surface area (Å²) in [5, 5.41) is 2.77. The number of carbonyl (C=O) groups excluding carboxylic acids is 3. The summed E-state index contributed by atoms with van der Waals surface area (Å²) in [5.74, 6) is -0.877. The van der Waals surface area contributed by atoms with Crippen LogP contribution in [0.2, 0.25) is 0 Å². The van der Waals surface area contributed by atoms with Gasteiger partial charge in [-0.3, -0.25) is 14.4 Å². The third-order valence-corrected chi connectivity index (χ3v) is 4.75. The Morgan fingerprint density at radius 1 is 1.09 bits per heavy atom. The Balaban J connectivity index is 2.13. The highest BCUT2D eigenvalue weighted by Gasteiger charge is 2.39. The van der Waals surface area contributed by atoms with Crippen molar-refractivity contribution in [1.29, 1.82) is 0 Å². The Kier molecular flexibility index (Phi) is 5.76. The van der Waals surface area contributed by atoms with Crippen LogP contribution in [0.5, 0.6) is 0 Å². The lowest BCUT2D eigenvalue weighted by molar-refractivity contribution is -0.142. The summed E-state index contributed by atoms with van der Waals surface area (Å²) in [7, 11) is 0. The molecule has 0 radical (unpaired) electrons. The van der Waals surface area contributed by atoms with Gasteiger partial charge in [-0.1, -0.05) is 19.3 Å². The Labute approximate surface area is 130 Å². The summed E-state index contributed by atoms with van der Waals surface area (Å²) in [6.07, 6.45) is 6.48. The highest BCUT2D eigenvalue weighted by molar-refractivity contribution is 5.92. The van der Waals surface area contributed by atoms with Gasteiger partial charge in [-0.15, -0.1) is 0 Å². The molecular formula is C15H26N4O3. The molecule has 0 spiro atoms. The molecule has 22 heavy (non-hydrogen) atoms. The molecule has 2 aliphatic rings. The van der Waals surface area contributed by atoms with Gasteiger partial charge in [0.15, 0.2) is 0 Å². The van der Waals surface area contributed by atoms with Crippen LogP contribution in [0, 0.1) is 5.92 Å². The largest absolute Gasteiger partial charge is 0.368 e. The molecule has 5 N–H and O–H groups in total. The molecule has 1 aliphatic heterocycles. The molecule has 2 atom stereocenters. The second kappa shape index (κ2) is 7.58. The van der Waals surface area contributed by atoms with E-state index in [2.05, 4.69) is 5.32 Å². The molecule has 2 rings (SSSR count). The number of hydrogen-bond acceptors (Lipinski definition) is 4. The van der Waals surface area contributed by atoms with Gasteiger partial charge >= 0.3 is 0 Å². The molecule has 1 saturated heterocycles. The number of carbonyl (C=O) groups is 3. The van der Waals surface area contributed by atoms with Crippen molar-refractivity contribution in [3.05, 3.63) is 0 Å². The van der Waals surface area contributed by atoms with E-state index in [1.807, 2.05) is 0 Å². The van der Waals surface area contributed by atoms with Gasteiger partial charge in [-0.05, 0) is 31.6 Å². The lowest BCUT2D eigenvalue weighted by Gasteiger charge is -2.34. The molecule has 7 nitrogen and oxygen atoms in total. The lowest BCUT2D eigenvalue weighted by Crippen LogP contribution is -2.56. The SMILES string of the molecule is NCC(=O)NC(C(=O)N1CCC[C@H]1C(N)=O)C1CCCCC1. The maximum atomic E-state index is 12.9. The highest BCUT2D eigenvalue weighted by atomic mass is 16.2. The zero-order chi connectivity index (χ0) is 16.1. The molecule has 1 aliphatic carbocycles. The minimum absolute atomic E-state index is 0.117. The Morgan fingerprint density at radius 2 is 1.77 bits per heavy atom. The van der Waals surface area contributed by atoms with E-state index in [1.54, 1.807) is 4.90 Å². The second-order valence-electron chi connectivity index (χ2n) is 6.24. The van der Waals surface area contributed by atoms with Gasteiger partial charge in [-0.25, -0.2) is 0 Å². The monoisotopic (exact) mass is 310 g/mol. The van der Waals surface area contributed by atoms with Crippen LogP contribution in [-0.4, -0.2) is 47.8 Å². The van der Waals surface area contributed by atoms with E-state index in [0.717, 1.165) is 38.5 Å². The standard InChI is InChI=1S/C15H26N4O3/c16-9-12(20)18-13(10-5-2-1-3-6-10)15(22)19-8-4-7-11(19)14(17)21/h10-11,13H,1-9,16H2,(H2,17,21)(H,18,20)/t11-,13?/m0/s1. The number of rotatable bonds is 5. The topological polar surface area (TPSA) is 119 Å². The van der Waals surface area contributed by atoms with Gasteiger partial charge in [0.1, 0.15) is 12.1 Å². The van der Waals surface area contributed by atoms with Crippen molar-refractivity contribution in [2.24, 2.45) is 17.4 Å². The lowest BCUT2D eigenvalue weighted by atomic mass is 9.83. The minimum atomic E-state index is -0.587. The van der Waals surface area contributed by atoms with Crippen LogP contribution < -0.4 is 16.8 Å². The summed E-state index contributed by atoms with van der Waals surface area (Å²) < 4.78 is 0. The molecule has 0 aromatic carbocycles. The van der Waals surface area contributed by atoms with Crippen LogP contribution in [0.25, 0.3) is 0 Å². The first-order valence-corrected chi connectivity index (χ1v) is 8.13. The minimum Gasteiger partial charge on any atom is -0.368 e. The van der Waals surface area contributed by atoms with Crippen molar-refractivity contribution >= 4 is 17.7 Å². The first-order valence-electron chi connectivity index (χ1n) is 8.13. The smallest absolute Gasteiger partial charge is 0.246 e. The highest BCUT2D eigenvalue weighted by Crippen LogP contribution is 2.29. The molecule has 1 saturated carbocycles. The number of likely N-dealkylation sites (tertiary alicyclic amines) is 1. The Hall–Kier alpha value is -1.63. The molecule has 1 heterocycles. The van der Waals surface area contributed by atoms with Gasteiger partial charge in [0.25, 0.3) is 0 Å². The normalized spacial score (nSPS) is 24.0. The fourth-order valence-corrected chi connectivity index (χ4v) is 3.59. The third-order valence-electron chi connectivity index (χ3n) is 4.75. The maximum Gasteiger partial charge on any atom is 0.246 e. The molecule has 7 heteroatoms. The number of nitrogens with one attached hydrogen (secondary N) is 1. The molecule has 2 fully saturated rings. The average molecular weight is 310 g/mol. The third kappa shape index (κ3) is 3.76. The Morgan fingerprint density at radius 3 is 2.36 bits per heavy atom. The van der Waals surface area contributed by atoms with Crippen LogP contribution in [0.15, 0.2) is 0 Å². The predicted octanol–water partition coefficient (Wildman–Crippen LogP) is -0.513. The Bertz CT molecular complexity index is 435.